The topological polar surface area (TPSA) is 72.9 Å². The van der Waals surface area contributed by atoms with Gasteiger partial charge in [-0.3, -0.25) is 19.7 Å². The molecule has 2 N–H and O–H groups in total. The molecule has 146 valence electrons. The lowest BCUT2D eigenvalue weighted by Gasteiger charge is -2.56. The van der Waals surface area contributed by atoms with Crippen molar-refractivity contribution in [1.82, 2.24) is 15.3 Å². The number of carbonyl (C=O) groups is 2. The summed E-state index contributed by atoms with van der Waals surface area (Å²) < 4.78 is 14.5. The minimum absolute atomic E-state index is 0.155. The zero-order chi connectivity index (χ0) is 19.2. The fourth-order valence-corrected chi connectivity index (χ4v) is 5.05. The molecule has 1 saturated heterocycles. The van der Waals surface area contributed by atoms with Crippen molar-refractivity contribution < 1.29 is 19.2 Å². The zero-order valence-electron chi connectivity index (χ0n) is 15.6. The van der Waals surface area contributed by atoms with Gasteiger partial charge in [-0.2, -0.15) is 0 Å². The van der Waals surface area contributed by atoms with Crippen molar-refractivity contribution >= 4 is 11.8 Å². The van der Waals surface area contributed by atoms with Gasteiger partial charge in [0.25, 0.3) is 5.91 Å². The first-order chi connectivity index (χ1) is 12.9. The van der Waals surface area contributed by atoms with Crippen LogP contribution < -0.4 is 5.48 Å². The van der Waals surface area contributed by atoms with E-state index in [0.29, 0.717) is 30.0 Å². The van der Waals surface area contributed by atoms with E-state index in [2.05, 4.69) is 4.90 Å². The number of hydrogen-bond donors (Lipinski definition) is 2. The Kier molecular flexibility index (Phi) is 4.68. The highest BCUT2D eigenvalue weighted by Gasteiger charge is 2.48. The molecule has 2 fully saturated rings. The summed E-state index contributed by atoms with van der Waals surface area (Å²) in [6.07, 6.45) is 5.10. The largest absolute Gasteiger partial charge is 0.343 e. The number of hydroxylamine groups is 1. The van der Waals surface area contributed by atoms with Crippen LogP contribution in [0.25, 0.3) is 0 Å². The fourth-order valence-electron chi connectivity index (χ4n) is 5.05. The number of halogens is 1. The Morgan fingerprint density at radius 2 is 1.93 bits per heavy atom. The van der Waals surface area contributed by atoms with E-state index in [0.717, 1.165) is 50.9 Å². The van der Waals surface area contributed by atoms with Gasteiger partial charge < -0.3 is 4.90 Å². The van der Waals surface area contributed by atoms with Gasteiger partial charge in [-0.05, 0) is 55.2 Å². The lowest BCUT2D eigenvalue weighted by atomic mass is 9.59. The maximum atomic E-state index is 14.5. The van der Waals surface area contributed by atoms with Gasteiger partial charge in [0.15, 0.2) is 0 Å². The Bertz CT molecular complexity index is 766. The van der Waals surface area contributed by atoms with E-state index in [1.54, 1.807) is 18.5 Å². The van der Waals surface area contributed by atoms with Crippen LogP contribution in [0.3, 0.4) is 0 Å². The minimum atomic E-state index is -0.683. The first-order valence-corrected chi connectivity index (χ1v) is 9.66. The molecule has 2 amide bonds. The first-order valence-electron chi connectivity index (χ1n) is 9.66. The van der Waals surface area contributed by atoms with Crippen molar-refractivity contribution in [1.29, 1.82) is 0 Å². The molecule has 27 heavy (non-hydrogen) atoms. The van der Waals surface area contributed by atoms with Crippen LogP contribution in [0.2, 0.25) is 0 Å². The van der Waals surface area contributed by atoms with Crippen molar-refractivity contribution in [3.63, 3.8) is 0 Å². The lowest BCUT2D eigenvalue weighted by Crippen LogP contribution is -2.56. The summed E-state index contributed by atoms with van der Waals surface area (Å²) in [4.78, 5) is 27.4. The van der Waals surface area contributed by atoms with E-state index in [1.165, 1.54) is 6.07 Å². The van der Waals surface area contributed by atoms with Crippen molar-refractivity contribution in [3.05, 3.63) is 34.6 Å². The van der Waals surface area contributed by atoms with Crippen LogP contribution >= 0.6 is 0 Å². The highest BCUT2D eigenvalue weighted by atomic mass is 19.1. The van der Waals surface area contributed by atoms with Gasteiger partial charge in [-0.25, -0.2) is 9.87 Å². The standard InChI is InChI=1S/C20H26FN3O3/c1-13(25)23-6-3-20(4-7-23)10-16(11-20)24-5-2-14-8-15(19(26)22-27)9-18(21)17(14)12-24/h8-9,16,27H,2-7,10-12H2,1H3,(H,22,26). The van der Waals surface area contributed by atoms with E-state index in [4.69, 9.17) is 5.21 Å². The summed E-state index contributed by atoms with van der Waals surface area (Å²) in [6.45, 7) is 4.78. The number of piperidine rings is 1. The molecular formula is C20H26FN3O3. The molecule has 0 atom stereocenters. The van der Waals surface area contributed by atoms with Crippen LogP contribution in [0.4, 0.5) is 4.39 Å². The number of carbonyl (C=O) groups excluding carboxylic acids is 2. The van der Waals surface area contributed by atoms with E-state index in [-0.39, 0.29) is 17.3 Å². The SMILES string of the molecule is CC(=O)N1CCC2(CC1)CC(N1CCc3cc(C(=O)NO)cc(F)c3C1)C2. The molecule has 7 heteroatoms. The molecule has 0 radical (unpaired) electrons. The van der Waals surface area contributed by atoms with Crippen molar-refractivity contribution in [2.45, 2.75) is 51.6 Å². The summed E-state index contributed by atoms with van der Waals surface area (Å²) in [5, 5.41) is 8.75. The molecule has 1 saturated carbocycles. The van der Waals surface area contributed by atoms with Crippen LogP contribution in [-0.4, -0.2) is 52.5 Å². The monoisotopic (exact) mass is 375 g/mol. The smallest absolute Gasteiger partial charge is 0.274 e. The molecule has 4 rings (SSSR count). The second-order valence-corrected chi connectivity index (χ2v) is 8.33. The number of hydrogen-bond acceptors (Lipinski definition) is 4. The number of amides is 2. The third-order valence-electron chi connectivity index (χ3n) is 6.80. The Hall–Kier alpha value is -1.99. The Balaban J connectivity index is 1.39. The van der Waals surface area contributed by atoms with E-state index >= 15 is 0 Å². The third-order valence-corrected chi connectivity index (χ3v) is 6.80. The molecule has 6 nitrogen and oxygen atoms in total. The number of likely N-dealkylation sites (tertiary alicyclic amines) is 1. The molecule has 0 aromatic heterocycles. The number of nitrogens with one attached hydrogen (secondary N) is 1. The predicted octanol–water partition coefficient (Wildman–Crippen LogP) is 2.09. The quantitative estimate of drug-likeness (QED) is 0.613. The van der Waals surface area contributed by atoms with Gasteiger partial charge >= 0.3 is 0 Å². The average Bonchev–Trinajstić information content (AvgIpc) is 2.65. The maximum absolute atomic E-state index is 14.5. The van der Waals surface area contributed by atoms with Gasteiger partial charge in [0.05, 0.1) is 0 Å². The first kappa shape index (κ1) is 18.4. The van der Waals surface area contributed by atoms with Crippen molar-refractivity contribution in [2.24, 2.45) is 5.41 Å². The van der Waals surface area contributed by atoms with Crippen LogP contribution in [0.5, 0.6) is 0 Å². The molecule has 0 unspecified atom stereocenters. The number of nitrogens with zero attached hydrogens (tertiary/aromatic N) is 2. The van der Waals surface area contributed by atoms with Gasteiger partial charge in [-0.1, -0.05) is 0 Å². The molecule has 1 aliphatic carbocycles. The summed E-state index contributed by atoms with van der Waals surface area (Å²) in [6, 6.07) is 3.36. The van der Waals surface area contributed by atoms with Crippen LogP contribution in [-0.2, 0) is 17.8 Å². The molecule has 1 aromatic carbocycles. The van der Waals surface area contributed by atoms with Crippen LogP contribution in [0.15, 0.2) is 12.1 Å². The van der Waals surface area contributed by atoms with Crippen molar-refractivity contribution in [3.8, 4) is 0 Å². The minimum Gasteiger partial charge on any atom is -0.343 e. The highest BCUT2D eigenvalue weighted by molar-refractivity contribution is 5.93. The van der Waals surface area contributed by atoms with Gasteiger partial charge in [0.1, 0.15) is 5.82 Å². The summed E-state index contributed by atoms with van der Waals surface area (Å²) in [5.74, 6) is -0.894. The normalized spacial score (nSPS) is 22.3. The average molecular weight is 375 g/mol. The third kappa shape index (κ3) is 3.34. The van der Waals surface area contributed by atoms with Gasteiger partial charge in [0, 0.05) is 50.3 Å². The molecule has 1 aromatic rings. The van der Waals surface area contributed by atoms with E-state index < -0.39 is 5.91 Å². The zero-order valence-corrected chi connectivity index (χ0v) is 15.6. The fraction of sp³-hybridized carbons (Fsp3) is 0.600. The Morgan fingerprint density at radius 3 is 2.56 bits per heavy atom. The maximum Gasteiger partial charge on any atom is 0.274 e. The molecule has 1 spiro atoms. The predicted molar refractivity (Wildman–Crippen MR) is 96.7 cm³/mol. The van der Waals surface area contributed by atoms with E-state index in [1.807, 2.05) is 4.90 Å². The summed E-state index contributed by atoms with van der Waals surface area (Å²) in [7, 11) is 0. The van der Waals surface area contributed by atoms with Crippen molar-refractivity contribution in [2.75, 3.05) is 19.6 Å². The summed E-state index contributed by atoms with van der Waals surface area (Å²) in [5.41, 5.74) is 3.60. The summed E-state index contributed by atoms with van der Waals surface area (Å²) >= 11 is 0. The van der Waals surface area contributed by atoms with Crippen LogP contribution in [0.1, 0.15) is 54.1 Å². The number of rotatable bonds is 2. The number of fused-ring (bicyclic) bond motifs is 1. The Labute approximate surface area is 158 Å². The molecule has 3 aliphatic rings. The van der Waals surface area contributed by atoms with E-state index in [9.17, 15) is 14.0 Å². The molecule has 2 aliphatic heterocycles. The van der Waals surface area contributed by atoms with Gasteiger partial charge in [-0.15, -0.1) is 0 Å². The molecular weight excluding hydrogens is 349 g/mol. The lowest BCUT2D eigenvalue weighted by molar-refractivity contribution is -0.133. The Morgan fingerprint density at radius 1 is 1.22 bits per heavy atom. The molecule has 0 bridgehead atoms. The molecule has 2 heterocycles. The van der Waals surface area contributed by atoms with Gasteiger partial charge in [0.2, 0.25) is 5.91 Å². The number of benzene rings is 1. The van der Waals surface area contributed by atoms with Crippen LogP contribution in [0, 0.1) is 11.2 Å². The second kappa shape index (κ2) is 6.87. The second-order valence-electron chi connectivity index (χ2n) is 8.33. The highest BCUT2D eigenvalue weighted by Crippen LogP contribution is 2.51.